The summed E-state index contributed by atoms with van der Waals surface area (Å²) in [5, 5.41) is 2.79. The first kappa shape index (κ1) is 24.9. The molecule has 180 valence electrons. The fourth-order valence-corrected chi connectivity index (χ4v) is 5.07. The fraction of sp³-hybridized carbons (Fsp3) is 0.522. The number of rotatable bonds is 10. The van der Waals surface area contributed by atoms with E-state index < -0.39 is 15.9 Å². The smallest absolute Gasteiger partial charge is 0.281 e. The molecular formula is C23H33N5O4S. The quantitative estimate of drug-likeness (QED) is 0.504. The molecule has 33 heavy (non-hydrogen) atoms. The van der Waals surface area contributed by atoms with Crippen molar-refractivity contribution < 1.29 is 17.9 Å². The molecule has 1 aliphatic heterocycles. The summed E-state index contributed by atoms with van der Waals surface area (Å²) in [6.07, 6.45) is 3.50. The van der Waals surface area contributed by atoms with Crippen molar-refractivity contribution in [1.82, 2.24) is 14.7 Å². The lowest BCUT2D eigenvalue weighted by Gasteiger charge is -2.33. The molecule has 0 bridgehead atoms. The largest absolute Gasteiger partial charge is 0.380 e. The Morgan fingerprint density at radius 3 is 2.73 bits per heavy atom. The molecule has 1 unspecified atom stereocenters. The average molecular weight is 476 g/mol. The van der Waals surface area contributed by atoms with E-state index in [-0.39, 0.29) is 16.1 Å². The van der Waals surface area contributed by atoms with Gasteiger partial charge in [-0.05, 0) is 56.9 Å². The molecule has 3 heterocycles. The molecule has 0 aromatic carbocycles. The van der Waals surface area contributed by atoms with Gasteiger partial charge in [-0.15, -0.1) is 0 Å². The van der Waals surface area contributed by atoms with Crippen molar-refractivity contribution in [3.63, 3.8) is 0 Å². The maximum atomic E-state index is 13.0. The summed E-state index contributed by atoms with van der Waals surface area (Å²) < 4.78 is 33.4. The van der Waals surface area contributed by atoms with E-state index in [4.69, 9.17) is 4.74 Å². The van der Waals surface area contributed by atoms with Crippen molar-refractivity contribution in [2.75, 3.05) is 36.5 Å². The Labute approximate surface area is 196 Å². The molecule has 1 atom stereocenters. The molecule has 1 amide bonds. The summed E-state index contributed by atoms with van der Waals surface area (Å²) >= 11 is 0. The van der Waals surface area contributed by atoms with Crippen LogP contribution in [0, 0.1) is 5.92 Å². The Hall–Kier alpha value is -2.72. The number of hydrogen-bond acceptors (Lipinski definition) is 8. The second-order valence-electron chi connectivity index (χ2n) is 8.94. The van der Waals surface area contributed by atoms with Crippen molar-refractivity contribution in [3.8, 4) is 0 Å². The van der Waals surface area contributed by atoms with Gasteiger partial charge < -0.3 is 15.0 Å². The normalized spacial score (nSPS) is 17.7. The van der Waals surface area contributed by atoms with Gasteiger partial charge in [-0.2, -0.15) is 8.42 Å². The standard InChI is InChI=1S/C23H33N5O4S/c1-5-13-32-14-12-24-19-9-6-10-20(26-19)33(30,31)27-22(29)18-8-7-11-25-21(18)28-16-17(2)15-23(28,3)4/h6-11,17H,5,12-16H2,1-4H3,(H,24,26)(H,27,29). The molecule has 1 saturated heterocycles. The molecule has 3 rings (SSSR count). The minimum atomic E-state index is -4.18. The van der Waals surface area contributed by atoms with E-state index in [9.17, 15) is 13.2 Å². The summed E-state index contributed by atoms with van der Waals surface area (Å²) in [5.74, 6) is 0.574. The predicted octanol–water partition coefficient (Wildman–Crippen LogP) is 3.06. The van der Waals surface area contributed by atoms with Gasteiger partial charge in [-0.25, -0.2) is 14.7 Å². The second-order valence-corrected chi connectivity index (χ2v) is 10.6. The van der Waals surface area contributed by atoms with Crippen LogP contribution in [0.25, 0.3) is 0 Å². The van der Waals surface area contributed by atoms with E-state index in [2.05, 4.69) is 45.7 Å². The number of pyridine rings is 2. The zero-order valence-electron chi connectivity index (χ0n) is 19.7. The van der Waals surface area contributed by atoms with Crippen molar-refractivity contribution >= 4 is 27.6 Å². The molecule has 10 heteroatoms. The van der Waals surface area contributed by atoms with Crippen LogP contribution >= 0.6 is 0 Å². The Morgan fingerprint density at radius 2 is 2.03 bits per heavy atom. The van der Waals surface area contributed by atoms with Gasteiger partial charge in [-0.1, -0.05) is 19.9 Å². The number of amides is 1. The first-order valence-corrected chi connectivity index (χ1v) is 12.7. The molecule has 1 aliphatic rings. The maximum Gasteiger partial charge on any atom is 0.281 e. The highest BCUT2D eigenvalue weighted by Gasteiger charge is 2.39. The van der Waals surface area contributed by atoms with Gasteiger partial charge in [0.1, 0.15) is 11.6 Å². The molecular weight excluding hydrogens is 442 g/mol. The first-order chi connectivity index (χ1) is 15.6. The lowest BCUT2D eigenvalue weighted by atomic mass is 9.97. The molecule has 9 nitrogen and oxygen atoms in total. The van der Waals surface area contributed by atoms with Gasteiger partial charge in [0.2, 0.25) is 0 Å². The first-order valence-electron chi connectivity index (χ1n) is 11.2. The van der Waals surface area contributed by atoms with E-state index in [1.54, 1.807) is 30.5 Å². The number of carbonyl (C=O) groups is 1. The Bertz CT molecular complexity index is 1070. The molecule has 0 aliphatic carbocycles. The van der Waals surface area contributed by atoms with Crippen LogP contribution in [0.4, 0.5) is 11.6 Å². The predicted molar refractivity (Wildman–Crippen MR) is 128 cm³/mol. The molecule has 0 radical (unpaired) electrons. The maximum absolute atomic E-state index is 13.0. The SMILES string of the molecule is CCCOCCNc1cccc(S(=O)(=O)NC(=O)c2cccnc2N2CC(C)CC2(C)C)n1. The van der Waals surface area contributed by atoms with Crippen LogP contribution in [0.15, 0.2) is 41.6 Å². The third-order valence-corrected chi connectivity index (χ3v) is 6.72. The van der Waals surface area contributed by atoms with Crippen LogP contribution in [0.2, 0.25) is 0 Å². The second kappa shape index (κ2) is 10.5. The lowest BCUT2D eigenvalue weighted by molar-refractivity contribution is 0.0981. The third-order valence-electron chi connectivity index (χ3n) is 5.49. The summed E-state index contributed by atoms with van der Waals surface area (Å²) in [7, 11) is -4.18. The minimum Gasteiger partial charge on any atom is -0.380 e. The highest BCUT2D eigenvalue weighted by molar-refractivity contribution is 7.90. The van der Waals surface area contributed by atoms with Gasteiger partial charge in [0.15, 0.2) is 5.03 Å². The number of anilines is 2. The average Bonchev–Trinajstić information content (AvgIpc) is 3.05. The Balaban J connectivity index is 1.75. The number of nitrogens with one attached hydrogen (secondary N) is 2. The molecule has 0 spiro atoms. The van der Waals surface area contributed by atoms with Crippen LogP contribution in [0.5, 0.6) is 0 Å². The number of carbonyl (C=O) groups excluding carboxylic acids is 1. The molecule has 2 aromatic rings. The fourth-order valence-electron chi connectivity index (χ4n) is 4.14. The zero-order chi connectivity index (χ0) is 24.1. The van der Waals surface area contributed by atoms with E-state index in [0.29, 0.717) is 37.3 Å². The Kier molecular flexibility index (Phi) is 7.91. The van der Waals surface area contributed by atoms with Crippen LogP contribution in [-0.2, 0) is 14.8 Å². The van der Waals surface area contributed by atoms with E-state index in [1.807, 2.05) is 6.92 Å². The zero-order valence-corrected chi connectivity index (χ0v) is 20.5. The van der Waals surface area contributed by atoms with Crippen LogP contribution in [-0.4, -0.2) is 56.1 Å². The van der Waals surface area contributed by atoms with Gasteiger partial charge in [0.25, 0.3) is 15.9 Å². The summed E-state index contributed by atoms with van der Waals surface area (Å²) in [6, 6.07) is 7.81. The van der Waals surface area contributed by atoms with Gasteiger partial charge in [0, 0.05) is 31.4 Å². The Morgan fingerprint density at radius 1 is 1.24 bits per heavy atom. The van der Waals surface area contributed by atoms with Gasteiger partial charge >= 0.3 is 0 Å². The lowest BCUT2D eigenvalue weighted by Crippen LogP contribution is -2.41. The summed E-state index contributed by atoms with van der Waals surface area (Å²) in [4.78, 5) is 23.7. The number of sulfonamides is 1. The number of nitrogens with zero attached hydrogens (tertiary/aromatic N) is 3. The van der Waals surface area contributed by atoms with E-state index in [1.165, 1.54) is 6.07 Å². The van der Waals surface area contributed by atoms with E-state index in [0.717, 1.165) is 19.4 Å². The van der Waals surface area contributed by atoms with Gasteiger partial charge in [0.05, 0.1) is 12.2 Å². The number of aromatic nitrogens is 2. The van der Waals surface area contributed by atoms with Crippen LogP contribution in [0.1, 0.15) is 50.9 Å². The van der Waals surface area contributed by atoms with Crippen LogP contribution < -0.4 is 14.9 Å². The third kappa shape index (κ3) is 6.20. The molecule has 2 N–H and O–H groups in total. The molecule has 1 fully saturated rings. The summed E-state index contributed by atoms with van der Waals surface area (Å²) in [6.45, 7) is 10.8. The highest BCUT2D eigenvalue weighted by Crippen LogP contribution is 2.37. The van der Waals surface area contributed by atoms with Crippen molar-refractivity contribution in [3.05, 3.63) is 42.1 Å². The summed E-state index contributed by atoms with van der Waals surface area (Å²) in [5.41, 5.74) is 0.0231. The van der Waals surface area contributed by atoms with Gasteiger partial charge in [-0.3, -0.25) is 4.79 Å². The van der Waals surface area contributed by atoms with Crippen LogP contribution in [0.3, 0.4) is 0 Å². The molecule has 2 aromatic heterocycles. The topological polar surface area (TPSA) is 114 Å². The van der Waals surface area contributed by atoms with E-state index >= 15 is 0 Å². The minimum absolute atomic E-state index is 0.190. The molecule has 0 saturated carbocycles. The number of hydrogen-bond donors (Lipinski definition) is 2. The van der Waals surface area contributed by atoms with Crippen molar-refractivity contribution in [1.29, 1.82) is 0 Å². The number of ether oxygens (including phenoxy) is 1. The highest BCUT2D eigenvalue weighted by atomic mass is 32.2. The van der Waals surface area contributed by atoms with Crippen molar-refractivity contribution in [2.45, 2.75) is 51.1 Å². The van der Waals surface area contributed by atoms with Crippen molar-refractivity contribution in [2.24, 2.45) is 5.92 Å². The monoisotopic (exact) mass is 475 g/mol.